The molecule has 22 heavy (non-hydrogen) atoms. The smallest absolute Gasteiger partial charge is 0.411 e. The molecule has 0 radical (unpaired) electrons. The lowest BCUT2D eigenvalue weighted by Crippen LogP contribution is -2.32. The first kappa shape index (κ1) is 18.6. The maximum atomic E-state index is 12.0. The zero-order chi connectivity index (χ0) is 16.6. The molecule has 0 unspecified atom stereocenters. The molecule has 0 aromatic carbocycles. The van der Waals surface area contributed by atoms with Crippen LogP contribution in [0.4, 0.5) is 4.79 Å². The molecule has 0 saturated heterocycles. The van der Waals surface area contributed by atoms with Gasteiger partial charge in [0.1, 0.15) is 5.60 Å². The number of allylic oxidation sites excluding steroid dienone is 3. The van der Waals surface area contributed by atoms with Gasteiger partial charge < -0.3 is 9.64 Å². The van der Waals surface area contributed by atoms with Crippen molar-refractivity contribution < 1.29 is 9.53 Å². The van der Waals surface area contributed by atoms with Crippen LogP contribution in [-0.4, -0.2) is 29.7 Å². The number of carbonyl (C=O) groups is 1. The molecular weight excluding hydrogens is 276 g/mol. The summed E-state index contributed by atoms with van der Waals surface area (Å²) >= 11 is 0. The zero-order valence-electron chi connectivity index (χ0n) is 14.9. The number of amides is 1. The Labute approximate surface area is 135 Å². The predicted octanol–water partition coefficient (Wildman–Crippen LogP) is 4.58. The van der Waals surface area contributed by atoms with Crippen LogP contribution in [0.2, 0.25) is 0 Å². The first-order valence-electron chi connectivity index (χ1n) is 8.50. The fraction of sp³-hybridized carbons (Fsp3) is 0.722. The van der Waals surface area contributed by atoms with E-state index in [1.54, 1.807) is 0 Å². The monoisotopic (exact) mass is 308 g/mol. The molecular formula is C18H32N2O2. The van der Waals surface area contributed by atoms with E-state index in [1.165, 1.54) is 18.4 Å². The molecule has 1 rings (SSSR count). The van der Waals surface area contributed by atoms with Gasteiger partial charge in [0.05, 0.1) is 0 Å². The number of hydrogen-bond donors (Lipinski definition) is 1. The van der Waals surface area contributed by atoms with Crippen molar-refractivity contribution in [3.63, 3.8) is 0 Å². The van der Waals surface area contributed by atoms with E-state index in [9.17, 15) is 4.79 Å². The summed E-state index contributed by atoms with van der Waals surface area (Å²) in [4.78, 5) is 14.3. The molecule has 0 fully saturated rings. The Kier molecular flexibility index (Phi) is 7.49. The summed E-state index contributed by atoms with van der Waals surface area (Å²) in [5.74, 6) is 0. The lowest BCUT2D eigenvalue weighted by atomic mass is 10.1. The molecule has 0 aromatic rings. The van der Waals surface area contributed by atoms with Gasteiger partial charge in [-0.15, -0.1) is 0 Å². The molecule has 0 bridgehead atoms. The number of carbonyl (C=O) groups excluding carboxylic acids is 1. The highest BCUT2D eigenvalue weighted by Crippen LogP contribution is 2.23. The largest absolute Gasteiger partial charge is 0.444 e. The summed E-state index contributed by atoms with van der Waals surface area (Å²) in [5.41, 5.74) is 1.79. The minimum Gasteiger partial charge on any atom is -0.444 e. The molecule has 0 aromatic heterocycles. The Bertz CT molecular complexity index is 415. The average Bonchev–Trinajstić information content (AvgIpc) is 2.63. The summed E-state index contributed by atoms with van der Waals surface area (Å²) in [6.07, 6.45) is 9.38. The Morgan fingerprint density at radius 2 is 1.82 bits per heavy atom. The quantitative estimate of drug-likeness (QED) is 0.808. The highest BCUT2D eigenvalue weighted by atomic mass is 16.6. The summed E-state index contributed by atoms with van der Waals surface area (Å²) < 4.78 is 5.38. The number of hydrogen-bond acceptors (Lipinski definition) is 3. The third-order valence-electron chi connectivity index (χ3n) is 3.71. The van der Waals surface area contributed by atoms with Gasteiger partial charge in [-0.05, 0) is 78.2 Å². The van der Waals surface area contributed by atoms with Crippen LogP contribution < -0.4 is 5.32 Å². The fourth-order valence-electron chi connectivity index (χ4n) is 2.49. The van der Waals surface area contributed by atoms with E-state index in [0.29, 0.717) is 0 Å². The fourth-order valence-corrected chi connectivity index (χ4v) is 2.49. The van der Waals surface area contributed by atoms with Crippen molar-refractivity contribution in [1.29, 1.82) is 0 Å². The Hall–Kier alpha value is -1.45. The second kappa shape index (κ2) is 8.86. The van der Waals surface area contributed by atoms with Crippen LogP contribution in [0.15, 0.2) is 23.5 Å². The Balaban J connectivity index is 2.83. The molecule has 0 spiro atoms. The summed E-state index contributed by atoms with van der Waals surface area (Å²) in [6, 6.07) is 0. The Morgan fingerprint density at radius 3 is 2.41 bits per heavy atom. The van der Waals surface area contributed by atoms with Crippen molar-refractivity contribution >= 4 is 6.09 Å². The molecule has 1 amide bonds. The van der Waals surface area contributed by atoms with Crippen LogP contribution >= 0.6 is 0 Å². The maximum Gasteiger partial charge on any atom is 0.411 e. The molecule has 4 nitrogen and oxygen atoms in total. The van der Waals surface area contributed by atoms with Crippen molar-refractivity contribution in [2.24, 2.45) is 0 Å². The third-order valence-corrected chi connectivity index (χ3v) is 3.71. The molecule has 0 saturated carbocycles. The number of ether oxygens (including phenoxy) is 1. The molecule has 1 N–H and O–H groups in total. The lowest BCUT2D eigenvalue weighted by molar-refractivity contribution is 0.0543. The van der Waals surface area contributed by atoms with Crippen LogP contribution in [-0.2, 0) is 4.74 Å². The lowest BCUT2D eigenvalue weighted by Gasteiger charge is -2.21. The molecule has 1 aliphatic rings. The van der Waals surface area contributed by atoms with Crippen LogP contribution in [0.5, 0.6) is 0 Å². The van der Waals surface area contributed by atoms with Crippen molar-refractivity contribution in [2.75, 3.05) is 13.1 Å². The SMILES string of the molecule is CCN(/C=C/C1=C(NC(=O)OC(C)(C)C)CCCCC1)CC. The van der Waals surface area contributed by atoms with Crippen LogP contribution in [0.3, 0.4) is 0 Å². The van der Waals surface area contributed by atoms with Gasteiger partial charge in [0, 0.05) is 18.8 Å². The van der Waals surface area contributed by atoms with Crippen molar-refractivity contribution in [2.45, 2.75) is 72.3 Å². The van der Waals surface area contributed by atoms with Gasteiger partial charge in [-0.2, -0.15) is 0 Å². The van der Waals surface area contributed by atoms with E-state index in [1.807, 2.05) is 20.8 Å². The van der Waals surface area contributed by atoms with E-state index in [-0.39, 0.29) is 6.09 Å². The van der Waals surface area contributed by atoms with Gasteiger partial charge in [0.15, 0.2) is 0 Å². The second-order valence-electron chi connectivity index (χ2n) is 6.73. The van der Waals surface area contributed by atoms with Gasteiger partial charge in [-0.1, -0.05) is 6.42 Å². The van der Waals surface area contributed by atoms with E-state index in [0.717, 1.165) is 38.0 Å². The van der Waals surface area contributed by atoms with Gasteiger partial charge in [-0.25, -0.2) is 4.79 Å². The number of nitrogens with one attached hydrogen (secondary N) is 1. The molecule has 0 heterocycles. The van der Waals surface area contributed by atoms with Crippen molar-refractivity contribution in [3.05, 3.63) is 23.5 Å². The van der Waals surface area contributed by atoms with Gasteiger partial charge in [0.2, 0.25) is 0 Å². The standard InChI is InChI=1S/C18H32N2O2/c1-6-20(7-2)14-13-15-11-9-8-10-12-16(15)19-17(21)22-18(3,4)5/h13-14H,6-12H2,1-5H3,(H,19,21)/b14-13+. The normalized spacial score (nSPS) is 16.6. The first-order valence-corrected chi connectivity index (χ1v) is 8.50. The van der Waals surface area contributed by atoms with Gasteiger partial charge in [0.25, 0.3) is 0 Å². The highest BCUT2D eigenvalue weighted by Gasteiger charge is 2.18. The minimum absolute atomic E-state index is 0.349. The maximum absolute atomic E-state index is 12.0. The first-order chi connectivity index (χ1) is 10.4. The van der Waals surface area contributed by atoms with Gasteiger partial charge in [-0.3, -0.25) is 5.32 Å². The number of nitrogens with zero attached hydrogens (tertiary/aromatic N) is 1. The molecule has 126 valence electrons. The van der Waals surface area contributed by atoms with E-state index in [4.69, 9.17) is 4.74 Å². The predicted molar refractivity (Wildman–Crippen MR) is 91.5 cm³/mol. The number of alkyl carbamates (subject to hydrolysis) is 1. The third kappa shape index (κ3) is 7.01. The summed E-state index contributed by atoms with van der Waals surface area (Å²) in [6.45, 7) is 11.9. The zero-order valence-corrected chi connectivity index (χ0v) is 14.9. The molecule has 0 aliphatic heterocycles. The molecule has 0 atom stereocenters. The summed E-state index contributed by atoms with van der Waals surface area (Å²) in [7, 11) is 0. The minimum atomic E-state index is -0.466. The molecule has 1 aliphatic carbocycles. The molecule has 4 heteroatoms. The van der Waals surface area contributed by atoms with Crippen LogP contribution in [0.25, 0.3) is 0 Å². The average molecular weight is 308 g/mol. The Morgan fingerprint density at radius 1 is 1.18 bits per heavy atom. The van der Waals surface area contributed by atoms with Crippen LogP contribution in [0, 0.1) is 0 Å². The van der Waals surface area contributed by atoms with Gasteiger partial charge >= 0.3 is 6.09 Å². The topological polar surface area (TPSA) is 41.6 Å². The van der Waals surface area contributed by atoms with E-state index < -0.39 is 5.60 Å². The second-order valence-corrected chi connectivity index (χ2v) is 6.73. The van der Waals surface area contributed by atoms with Crippen LogP contribution in [0.1, 0.15) is 66.7 Å². The van der Waals surface area contributed by atoms with E-state index >= 15 is 0 Å². The van der Waals surface area contributed by atoms with Crippen molar-refractivity contribution in [1.82, 2.24) is 10.2 Å². The van der Waals surface area contributed by atoms with E-state index in [2.05, 4.69) is 36.3 Å². The summed E-state index contributed by atoms with van der Waals surface area (Å²) in [5, 5.41) is 2.97. The number of rotatable bonds is 5. The highest BCUT2D eigenvalue weighted by molar-refractivity contribution is 5.70. The van der Waals surface area contributed by atoms with Crippen molar-refractivity contribution in [3.8, 4) is 0 Å².